The quantitative estimate of drug-likeness (QED) is 0.654. The molecule has 0 bridgehead atoms. The maximum absolute atomic E-state index is 12.5. The van der Waals surface area contributed by atoms with Gasteiger partial charge in [-0.15, -0.1) is 11.3 Å². The Morgan fingerprint density at radius 1 is 1.00 bits per heavy atom. The lowest BCUT2D eigenvalue weighted by atomic mass is 10.1. The van der Waals surface area contributed by atoms with Gasteiger partial charge in [0.15, 0.2) is 0 Å². The van der Waals surface area contributed by atoms with E-state index in [9.17, 15) is 9.59 Å². The first kappa shape index (κ1) is 18.0. The minimum atomic E-state index is -0.335. The molecule has 0 unspecified atom stereocenters. The number of methoxy groups -OCH3 is 1. The molecule has 26 heavy (non-hydrogen) atoms. The van der Waals surface area contributed by atoms with Crippen LogP contribution in [0, 0.1) is 0 Å². The first-order chi connectivity index (χ1) is 12.6. The summed E-state index contributed by atoms with van der Waals surface area (Å²) in [6.07, 6.45) is 0. The fourth-order valence-electron chi connectivity index (χ4n) is 2.31. The highest BCUT2D eigenvalue weighted by Crippen LogP contribution is 2.28. The topological polar surface area (TPSA) is 67.4 Å². The molecule has 0 atom stereocenters. The maximum Gasteiger partial charge on any atom is 0.265 e. The molecule has 5 nitrogen and oxygen atoms in total. The van der Waals surface area contributed by atoms with E-state index in [0.717, 1.165) is 0 Å². The van der Waals surface area contributed by atoms with Crippen molar-refractivity contribution < 1.29 is 14.3 Å². The number of amides is 2. The van der Waals surface area contributed by atoms with E-state index in [-0.39, 0.29) is 11.8 Å². The van der Waals surface area contributed by atoms with Crippen LogP contribution in [-0.2, 0) is 0 Å². The number of rotatable bonds is 5. The van der Waals surface area contributed by atoms with Crippen LogP contribution in [0.2, 0.25) is 5.02 Å². The van der Waals surface area contributed by atoms with E-state index in [4.69, 9.17) is 16.3 Å². The predicted molar refractivity (Wildman–Crippen MR) is 105 cm³/mol. The number of nitrogens with one attached hydrogen (secondary N) is 2. The van der Waals surface area contributed by atoms with Crippen LogP contribution in [-0.4, -0.2) is 18.9 Å². The number of hydrogen-bond donors (Lipinski definition) is 2. The molecule has 132 valence electrons. The van der Waals surface area contributed by atoms with Crippen molar-refractivity contribution in [2.45, 2.75) is 0 Å². The van der Waals surface area contributed by atoms with E-state index in [2.05, 4.69) is 10.6 Å². The standard InChI is InChI=1S/C19H15ClN2O3S/c1-25-16-8-7-13(20)11-15(16)22-18(23)12-4-2-5-14(10-12)21-19(24)17-6-3-9-26-17/h2-11H,1H3,(H,21,24)(H,22,23). The van der Waals surface area contributed by atoms with Crippen molar-refractivity contribution in [3.05, 3.63) is 75.4 Å². The van der Waals surface area contributed by atoms with Crippen molar-refractivity contribution in [3.63, 3.8) is 0 Å². The number of carbonyl (C=O) groups is 2. The number of benzene rings is 2. The Labute approximate surface area is 159 Å². The van der Waals surface area contributed by atoms with Gasteiger partial charge >= 0.3 is 0 Å². The van der Waals surface area contributed by atoms with Crippen LogP contribution < -0.4 is 15.4 Å². The van der Waals surface area contributed by atoms with Gasteiger partial charge in [-0.3, -0.25) is 9.59 Å². The van der Waals surface area contributed by atoms with Crippen LogP contribution >= 0.6 is 22.9 Å². The van der Waals surface area contributed by atoms with Gasteiger partial charge in [-0.25, -0.2) is 0 Å². The summed E-state index contributed by atoms with van der Waals surface area (Å²) in [5, 5.41) is 7.86. The molecule has 0 fully saturated rings. The van der Waals surface area contributed by atoms with Crippen molar-refractivity contribution in [1.82, 2.24) is 0 Å². The monoisotopic (exact) mass is 386 g/mol. The lowest BCUT2D eigenvalue weighted by molar-refractivity contribution is 0.101. The van der Waals surface area contributed by atoms with Gasteiger partial charge in [0.25, 0.3) is 11.8 Å². The molecule has 1 aromatic heterocycles. The zero-order valence-corrected chi connectivity index (χ0v) is 15.4. The molecule has 0 aliphatic heterocycles. The van der Waals surface area contributed by atoms with Crippen LogP contribution in [0.5, 0.6) is 5.75 Å². The number of thiophene rings is 1. The Hall–Kier alpha value is -2.83. The average molecular weight is 387 g/mol. The number of hydrogen-bond acceptors (Lipinski definition) is 4. The van der Waals surface area contributed by atoms with E-state index in [0.29, 0.717) is 32.6 Å². The molecule has 0 spiro atoms. The zero-order chi connectivity index (χ0) is 18.5. The first-order valence-corrected chi connectivity index (χ1v) is 8.92. The van der Waals surface area contributed by atoms with Crippen LogP contribution in [0.15, 0.2) is 60.0 Å². The first-order valence-electron chi connectivity index (χ1n) is 7.66. The Balaban J connectivity index is 1.76. The molecule has 0 radical (unpaired) electrons. The number of halogens is 1. The maximum atomic E-state index is 12.5. The molecular formula is C19H15ClN2O3S. The molecule has 0 aliphatic rings. The number of anilines is 2. The molecule has 0 aliphatic carbocycles. The van der Waals surface area contributed by atoms with Gasteiger partial charge in [0, 0.05) is 16.3 Å². The molecule has 2 aromatic carbocycles. The molecule has 2 N–H and O–H groups in total. The van der Waals surface area contributed by atoms with Crippen LogP contribution in [0.1, 0.15) is 20.0 Å². The third-order valence-electron chi connectivity index (χ3n) is 3.54. The number of ether oxygens (including phenoxy) is 1. The molecular weight excluding hydrogens is 372 g/mol. The van der Waals surface area contributed by atoms with Crippen LogP contribution in [0.25, 0.3) is 0 Å². The third-order valence-corrected chi connectivity index (χ3v) is 4.64. The smallest absolute Gasteiger partial charge is 0.265 e. The summed E-state index contributed by atoms with van der Waals surface area (Å²) in [5.41, 5.74) is 1.41. The van der Waals surface area contributed by atoms with Gasteiger partial charge in [-0.1, -0.05) is 23.7 Å². The van der Waals surface area contributed by atoms with Crippen molar-refractivity contribution in [2.75, 3.05) is 17.7 Å². The molecule has 7 heteroatoms. The average Bonchev–Trinajstić information content (AvgIpc) is 3.17. The Morgan fingerprint density at radius 3 is 2.58 bits per heavy atom. The molecule has 0 saturated heterocycles. The summed E-state index contributed by atoms with van der Waals surface area (Å²) in [6.45, 7) is 0. The van der Waals surface area contributed by atoms with E-state index < -0.39 is 0 Å². The zero-order valence-electron chi connectivity index (χ0n) is 13.8. The largest absolute Gasteiger partial charge is 0.495 e. The van der Waals surface area contributed by atoms with Gasteiger partial charge in [0.1, 0.15) is 5.75 Å². The van der Waals surface area contributed by atoms with E-state index in [1.807, 2.05) is 11.4 Å². The lowest BCUT2D eigenvalue weighted by Crippen LogP contribution is -2.14. The minimum Gasteiger partial charge on any atom is -0.495 e. The van der Waals surface area contributed by atoms with Gasteiger partial charge in [-0.2, -0.15) is 0 Å². The fraction of sp³-hybridized carbons (Fsp3) is 0.0526. The highest BCUT2D eigenvalue weighted by Gasteiger charge is 2.12. The van der Waals surface area contributed by atoms with Crippen LogP contribution in [0.4, 0.5) is 11.4 Å². The van der Waals surface area contributed by atoms with Crippen molar-refractivity contribution >= 4 is 46.1 Å². The molecule has 1 heterocycles. The summed E-state index contributed by atoms with van der Waals surface area (Å²) in [5.74, 6) is -0.0447. The van der Waals surface area contributed by atoms with Crippen molar-refractivity contribution in [1.29, 1.82) is 0 Å². The van der Waals surface area contributed by atoms with E-state index >= 15 is 0 Å². The van der Waals surface area contributed by atoms with Gasteiger partial charge in [0.05, 0.1) is 17.7 Å². The van der Waals surface area contributed by atoms with Gasteiger partial charge < -0.3 is 15.4 Å². The second-order valence-corrected chi connectivity index (χ2v) is 6.70. The Morgan fingerprint density at radius 2 is 1.85 bits per heavy atom. The van der Waals surface area contributed by atoms with Gasteiger partial charge in [-0.05, 0) is 47.8 Å². The lowest BCUT2D eigenvalue weighted by Gasteiger charge is -2.11. The Bertz CT molecular complexity index is 942. The minimum absolute atomic E-state index is 0.214. The highest BCUT2D eigenvalue weighted by atomic mass is 35.5. The highest BCUT2D eigenvalue weighted by molar-refractivity contribution is 7.12. The normalized spacial score (nSPS) is 10.2. The molecule has 3 rings (SSSR count). The predicted octanol–water partition coefficient (Wildman–Crippen LogP) is 4.91. The summed E-state index contributed by atoms with van der Waals surface area (Å²) < 4.78 is 5.23. The van der Waals surface area contributed by atoms with Gasteiger partial charge in [0.2, 0.25) is 0 Å². The third kappa shape index (κ3) is 4.22. The van der Waals surface area contributed by atoms with E-state index in [1.54, 1.807) is 48.5 Å². The summed E-state index contributed by atoms with van der Waals surface area (Å²) in [4.78, 5) is 25.3. The number of carbonyl (C=O) groups excluding carboxylic acids is 2. The summed E-state index contributed by atoms with van der Waals surface area (Å²) in [7, 11) is 1.51. The second-order valence-electron chi connectivity index (χ2n) is 5.31. The molecule has 3 aromatic rings. The fourth-order valence-corrected chi connectivity index (χ4v) is 3.10. The SMILES string of the molecule is COc1ccc(Cl)cc1NC(=O)c1cccc(NC(=O)c2cccs2)c1. The second kappa shape index (κ2) is 8.03. The summed E-state index contributed by atoms with van der Waals surface area (Å²) >= 11 is 7.33. The van der Waals surface area contributed by atoms with Crippen LogP contribution in [0.3, 0.4) is 0 Å². The van der Waals surface area contributed by atoms with Crippen molar-refractivity contribution in [2.24, 2.45) is 0 Å². The molecule has 0 saturated carbocycles. The molecule has 2 amide bonds. The summed E-state index contributed by atoms with van der Waals surface area (Å²) in [6, 6.07) is 15.2. The Kier molecular flexibility index (Phi) is 5.55. The van der Waals surface area contributed by atoms with Crippen molar-refractivity contribution in [3.8, 4) is 5.75 Å². The van der Waals surface area contributed by atoms with E-state index in [1.165, 1.54) is 18.4 Å².